The first-order chi connectivity index (χ1) is 11.3. The molecule has 2 aromatic heterocycles. The lowest BCUT2D eigenvalue weighted by Gasteiger charge is -2.17. The lowest BCUT2D eigenvalue weighted by Crippen LogP contribution is -2.21. The number of alkyl halides is 3. The van der Waals surface area contributed by atoms with Gasteiger partial charge in [-0.15, -0.1) is 0 Å². The van der Waals surface area contributed by atoms with Crippen LogP contribution in [0.5, 0.6) is 11.6 Å². The zero-order valence-corrected chi connectivity index (χ0v) is 12.6. The molecular formula is C14H13F3N4O3. The smallest absolute Gasteiger partial charge is 0.435 e. The average molecular weight is 342 g/mol. The molecule has 0 bridgehead atoms. The number of pyridine rings is 1. The fourth-order valence-electron chi connectivity index (χ4n) is 2.21. The molecule has 0 saturated heterocycles. The summed E-state index contributed by atoms with van der Waals surface area (Å²) in [5, 5.41) is 5.88. The van der Waals surface area contributed by atoms with E-state index in [9.17, 15) is 18.0 Å². The minimum atomic E-state index is -4.55. The fourth-order valence-corrected chi connectivity index (χ4v) is 2.21. The summed E-state index contributed by atoms with van der Waals surface area (Å²) >= 11 is 0. The van der Waals surface area contributed by atoms with Gasteiger partial charge in [-0.05, 0) is 24.6 Å². The third kappa shape index (κ3) is 3.42. The Morgan fingerprint density at radius 1 is 1.33 bits per heavy atom. The molecule has 1 N–H and O–H groups in total. The standard InChI is InChI=1S/C14H13F3N4O3/c1-8-6-21(20-12(8)14(15,16)17)7-11(22)18-10-3-2-9-13(19-10)24-5-4-23-9/h2-3,6H,4-5,7H2,1H3,(H,18,19,22). The van der Waals surface area contributed by atoms with Gasteiger partial charge in [0.05, 0.1) is 0 Å². The van der Waals surface area contributed by atoms with Crippen LogP contribution >= 0.6 is 0 Å². The van der Waals surface area contributed by atoms with Gasteiger partial charge in [-0.2, -0.15) is 23.3 Å². The molecular weight excluding hydrogens is 329 g/mol. The SMILES string of the molecule is Cc1cn(CC(=O)Nc2ccc3c(n2)OCCO3)nc1C(F)(F)F. The number of nitrogens with one attached hydrogen (secondary N) is 1. The zero-order chi connectivity index (χ0) is 17.3. The molecule has 7 nitrogen and oxygen atoms in total. The molecule has 3 heterocycles. The number of fused-ring (bicyclic) bond motifs is 1. The van der Waals surface area contributed by atoms with E-state index in [2.05, 4.69) is 15.4 Å². The number of ether oxygens (including phenoxy) is 2. The molecule has 1 aliphatic rings. The number of hydrogen-bond donors (Lipinski definition) is 1. The van der Waals surface area contributed by atoms with Crippen LogP contribution in [-0.2, 0) is 17.5 Å². The number of hydrogen-bond acceptors (Lipinski definition) is 5. The summed E-state index contributed by atoms with van der Waals surface area (Å²) in [6.07, 6.45) is -3.39. The Hall–Kier alpha value is -2.78. The first kappa shape index (κ1) is 16.1. The van der Waals surface area contributed by atoms with Gasteiger partial charge in [0.25, 0.3) is 5.88 Å². The van der Waals surface area contributed by atoms with Gasteiger partial charge < -0.3 is 14.8 Å². The van der Waals surface area contributed by atoms with Gasteiger partial charge in [-0.25, -0.2) is 0 Å². The van der Waals surface area contributed by atoms with E-state index in [1.807, 2.05) is 0 Å². The predicted octanol–water partition coefficient (Wildman–Crippen LogP) is 2.02. The Labute approximate surface area is 134 Å². The highest BCUT2D eigenvalue weighted by Crippen LogP contribution is 2.30. The molecule has 0 atom stereocenters. The van der Waals surface area contributed by atoms with Crippen LogP contribution in [0.4, 0.5) is 19.0 Å². The number of carbonyl (C=O) groups excluding carboxylic acids is 1. The van der Waals surface area contributed by atoms with Gasteiger partial charge in [-0.3, -0.25) is 9.48 Å². The third-order valence-corrected chi connectivity index (χ3v) is 3.19. The fraction of sp³-hybridized carbons (Fsp3) is 0.357. The second kappa shape index (κ2) is 6.02. The minimum Gasteiger partial charge on any atom is -0.484 e. The van der Waals surface area contributed by atoms with Crippen LogP contribution in [0.25, 0.3) is 0 Å². The molecule has 0 unspecified atom stereocenters. The second-order valence-electron chi connectivity index (χ2n) is 5.10. The van der Waals surface area contributed by atoms with Crippen LogP contribution < -0.4 is 14.8 Å². The topological polar surface area (TPSA) is 78.3 Å². The molecule has 0 saturated carbocycles. The lowest BCUT2D eigenvalue weighted by atomic mass is 10.3. The van der Waals surface area contributed by atoms with Crippen LogP contribution in [0.15, 0.2) is 18.3 Å². The molecule has 1 amide bonds. The molecule has 24 heavy (non-hydrogen) atoms. The number of amides is 1. The summed E-state index contributed by atoms with van der Waals surface area (Å²) in [6.45, 7) is 1.68. The summed E-state index contributed by atoms with van der Waals surface area (Å²) in [5.74, 6) is 0.379. The van der Waals surface area contributed by atoms with Crippen molar-refractivity contribution in [2.45, 2.75) is 19.6 Å². The number of anilines is 1. The summed E-state index contributed by atoms with van der Waals surface area (Å²) in [5.41, 5.74) is -1.06. The monoisotopic (exact) mass is 342 g/mol. The Morgan fingerprint density at radius 3 is 2.79 bits per heavy atom. The Balaban J connectivity index is 1.68. The largest absolute Gasteiger partial charge is 0.484 e. The summed E-state index contributed by atoms with van der Waals surface area (Å²) < 4.78 is 49.6. The highest BCUT2D eigenvalue weighted by Gasteiger charge is 2.36. The molecule has 1 aliphatic heterocycles. The molecule has 10 heteroatoms. The number of nitrogens with zero attached hydrogens (tertiary/aromatic N) is 3. The van der Waals surface area contributed by atoms with Gasteiger partial charge in [0.1, 0.15) is 25.6 Å². The van der Waals surface area contributed by atoms with E-state index in [-0.39, 0.29) is 23.8 Å². The summed E-state index contributed by atoms with van der Waals surface area (Å²) in [7, 11) is 0. The van der Waals surface area contributed by atoms with Crippen molar-refractivity contribution in [2.75, 3.05) is 18.5 Å². The first-order valence-corrected chi connectivity index (χ1v) is 7.00. The van der Waals surface area contributed by atoms with E-state index in [1.54, 1.807) is 6.07 Å². The van der Waals surface area contributed by atoms with E-state index >= 15 is 0 Å². The van der Waals surface area contributed by atoms with Gasteiger partial charge in [0.2, 0.25) is 5.91 Å². The summed E-state index contributed by atoms with van der Waals surface area (Å²) in [4.78, 5) is 16.0. The van der Waals surface area contributed by atoms with E-state index in [1.165, 1.54) is 19.2 Å². The average Bonchev–Trinajstić information content (AvgIpc) is 2.87. The molecule has 3 rings (SSSR count). The van der Waals surface area contributed by atoms with Crippen molar-refractivity contribution in [3.8, 4) is 11.6 Å². The first-order valence-electron chi connectivity index (χ1n) is 7.00. The molecule has 0 aliphatic carbocycles. The van der Waals surface area contributed by atoms with Gasteiger partial charge in [-0.1, -0.05) is 0 Å². The van der Waals surface area contributed by atoms with E-state index < -0.39 is 17.8 Å². The number of carbonyl (C=O) groups is 1. The highest BCUT2D eigenvalue weighted by atomic mass is 19.4. The predicted molar refractivity (Wildman–Crippen MR) is 75.8 cm³/mol. The van der Waals surface area contributed by atoms with Crippen molar-refractivity contribution >= 4 is 11.7 Å². The Kier molecular flexibility index (Phi) is 4.04. The van der Waals surface area contributed by atoms with Gasteiger partial charge in [0.15, 0.2) is 11.4 Å². The van der Waals surface area contributed by atoms with Crippen molar-refractivity contribution in [1.29, 1.82) is 0 Å². The number of aromatic nitrogens is 3. The zero-order valence-electron chi connectivity index (χ0n) is 12.6. The maximum absolute atomic E-state index is 12.7. The van der Waals surface area contributed by atoms with Crippen LogP contribution in [-0.4, -0.2) is 33.9 Å². The number of aryl methyl sites for hydroxylation is 1. The number of rotatable bonds is 3. The van der Waals surface area contributed by atoms with Crippen molar-refractivity contribution in [3.05, 3.63) is 29.6 Å². The Bertz CT molecular complexity index is 773. The summed E-state index contributed by atoms with van der Waals surface area (Å²) in [6, 6.07) is 3.11. The maximum atomic E-state index is 12.7. The van der Waals surface area contributed by atoms with Crippen molar-refractivity contribution < 1.29 is 27.4 Å². The van der Waals surface area contributed by atoms with E-state index in [4.69, 9.17) is 9.47 Å². The van der Waals surface area contributed by atoms with Crippen molar-refractivity contribution in [1.82, 2.24) is 14.8 Å². The van der Waals surface area contributed by atoms with Gasteiger partial charge in [0, 0.05) is 6.20 Å². The minimum absolute atomic E-state index is 0.0484. The molecule has 0 fully saturated rings. The van der Waals surface area contributed by atoms with Crippen LogP contribution in [0.1, 0.15) is 11.3 Å². The van der Waals surface area contributed by atoms with Crippen LogP contribution in [0.3, 0.4) is 0 Å². The molecule has 0 aromatic carbocycles. The van der Waals surface area contributed by atoms with Crippen LogP contribution in [0.2, 0.25) is 0 Å². The highest BCUT2D eigenvalue weighted by molar-refractivity contribution is 5.89. The van der Waals surface area contributed by atoms with E-state index in [0.29, 0.717) is 19.0 Å². The van der Waals surface area contributed by atoms with Crippen LogP contribution in [0, 0.1) is 6.92 Å². The molecule has 0 radical (unpaired) electrons. The lowest BCUT2D eigenvalue weighted by molar-refractivity contribution is -0.142. The molecule has 128 valence electrons. The Morgan fingerprint density at radius 2 is 2.08 bits per heavy atom. The van der Waals surface area contributed by atoms with Gasteiger partial charge >= 0.3 is 6.18 Å². The van der Waals surface area contributed by atoms with E-state index in [0.717, 1.165) is 4.68 Å². The van der Waals surface area contributed by atoms with Crippen molar-refractivity contribution in [3.63, 3.8) is 0 Å². The molecule has 0 spiro atoms. The molecule has 2 aromatic rings. The van der Waals surface area contributed by atoms with Crippen molar-refractivity contribution in [2.24, 2.45) is 0 Å². The number of halogens is 3. The maximum Gasteiger partial charge on any atom is 0.435 e. The normalized spacial score (nSPS) is 13.7. The third-order valence-electron chi connectivity index (χ3n) is 3.19. The quantitative estimate of drug-likeness (QED) is 0.923. The second-order valence-corrected chi connectivity index (χ2v) is 5.10.